The maximum Gasteiger partial charge on any atom is 0.120 e. The van der Waals surface area contributed by atoms with E-state index in [1.807, 2.05) is 12.3 Å². The summed E-state index contributed by atoms with van der Waals surface area (Å²) < 4.78 is 6.11. The second-order valence-corrected chi connectivity index (χ2v) is 8.44. The van der Waals surface area contributed by atoms with Crippen molar-refractivity contribution in [1.82, 2.24) is 9.88 Å². The zero-order valence-corrected chi connectivity index (χ0v) is 18.2. The fourth-order valence-corrected chi connectivity index (χ4v) is 4.99. The monoisotopic (exact) mass is 393 g/mol. The van der Waals surface area contributed by atoms with E-state index >= 15 is 0 Å². The van der Waals surface area contributed by atoms with Crippen LogP contribution in [0, 0.1) is 5.92 Å². The third-order valence-electron chi connectivity index (χ3n) is 6.48. The fourth-order valence-electron chi connectivity index (χ4n) is 4.99. The maximum absolute atomic E-state index is 6.11. The molecule has 1 fully saturated rings. The van der Waals surface area contributed by atoms with Crippen LogP contribution in [0.3, 0.4) is 0 Å². The Kier molecular flexibility index (Phi) is 6.39. The zero-order valence-electron chi connectivity index (χ0n) is 18.2. The SMILES string of the molecule is CCCCCCC1CCCC2=NC(=C3C(OCC)C=C(c4ccc[nH]4)N3C)C=C21. The van der Waals surface area contributed by atoms with Gasteiger partial charge in [0.15, 0.2) is 0 Å². The second-order valence-electron chi connectivity index (χ2n) is 8.44. The molecular formula is C25H35N3O. The molecule has 2 aliphatic heterocycles. The molecule has 1 N–H and O–H groups in total. The number of aromatic amines is 1. The molecule has 0 amide bonds. The van der Waals surface area contributed by atoms with Crippen molar-refractivity contribution in [3.8, 4) is 0 Å². The van der Waals surface area contributed by atoms with Gasteiger partial charge in [-0.15, -0.1) is 0 Å². The van der Waals surface area contributed by atoms with Crippen LogP contribution in [-0.4, -0.2) is 35.4 Å². The molecule has 29 heavy (non-hydrogen) atoms. The van der Waals surface area contributed by atoms with Gasteiger partial charge < -0.3 is 14.6 Å². The minimum absolute atomic E-state index is 0.0392. The van der Waals surface area contributed by atoms with Crippen molar-refractivity contribution in [3.63, 3.8) is 0 Å². The maximum atomic E-state index is 6.11. The lowest BCUT2D eigenvalue weighted by molar-refractivity contribution is 0.114. The Balaban J connectivity index is 1.60. The predicted molar refractivity (Wildman–Crippen MR) is 121 cm³/mol. The number of fused-ring (bicyclic) bond motifs is 1. The Morgan fingerprint density at radius 2 is 2.14 bits per heavy atom. The van der Waals surface area contributed by atoms with Crippen LogP contribution >= 0.6 is 0 Å². The molecule has 156 valence electrons. The molecule has 1 aromatic heterocycles. The van der Waals surface area contributed by atoms with Crippen molar-refractivity contribution in [2.24, 2.45) is 10.9 Å². The van der Waals surface area contributed by atoms with Crippen LogP contribution in [0.4, 0.5) is 0 Å². The lowest BCUT2D eigenvalue weighted by Gasteiger charge is -2.24. The summed E-state index contributed by atoms with van der Waals surface area (Å²) in [6, 6.07) is 4.16. The van der Waals surface area contributed by atoms with E-state index in [0.717, 1.165) is 17.8 Å². The third-order valence-corrected chi connectivity index (χ3v) is 6.48. The average molecular weight is 394 g/mol. The van der Waals surface area contributed by atoms with Gasteiger partial charge in [-0.3, -0.25) is 4.99 Å². The first-order valence-electron chi connectivity index (χ1n) is 11.5. The number of ether oxygens (including phenoxy) is 1. The fraction of sp³-hybridized carbons (Fsp3) is 0.560. The van der Waals surface area contributed by atoms with Gasteiger partial charge >= 0.3 is 0 Å². The van der Waals surface area contributed by atoms with E-state index in [9.17, 15) is 0 Å². The number of aliphatic imine (C=N–C) groups is 1. The van der Waals surface area contributed by atoms with Crippen molar-refractivity contribution in [2.45, 2.75) is 71.3 Å². The molecule has 0 bridgehead atoms. The van der Waals surface area contributed by atoms with Crippen LogP contribution in [0.15, 0.2) is 52.4 Å². The Labute approximate surface area is 175 Å². The summed E-state index contributed by atoms with van der Waals surface area (Å²) in [7, 11) is 2.14. The smallest absolute Gasteiger partial charge is 0.120 e. The van der Waals surface area contributed by atoms with Gasteiger partial charge in [0.25, 0.3) is 0 Å². The molecule has 0 radical (unpaired) electrons. The first-order chi connectivity index (χ1) is 14.2. The lowest BCUT2D eigenvalue weighted by Crippen LogP contribution is -2.20. The second kappa shape index (κ2) is 9.17. The van der Waals surface area contributed by atoms with Crippen molar-refractivity contribution >= 4 is 11.4 Å². The van der Waals surface area contributed by atoms with Crippen LogP contribution in [0.5, 0.6) is 0 Å². The molecule has 0 spiro atoms. The molecule has 4 nitrogen and oxygen atoms in total. The highest BCUT2D eigenvalue weighted by Crippen LogP contribution is 2.41. The van der Waals surface area contributed by atoms with Gasteiger partial charge in [0.2, 0.25) is 0 Å². The third kappa shape index (κ3) is 4.13. The summed E-state index contributed by atoms with van der Waals surface area (Å²) in [6.07, 6.45) is 16.9. The first-order valence-corrected chi connectivity index (χ1v) is 11.5. The number of H-pyrrole nitrogens is 1. The van der Waals surface area contributed by atoms with Gasteiger partial charge in [0, 0.05) is 25.6 Å². The summed E-state index contributed by atoms with van der Waals surface area (Å²) in [5, 5.41) is 0. The zero-order chi connectivity index (χ0) is 20.2. The molecule has 4 heteroatoms. The van der Waals surface area contributed by atoms with E-state index in [1.165, 1.54) is 67.6 Å². The molecule has 1 aliphatic carbocycles. The summed E-state index contributed by atoms with van der Waals surface area (Å²) >= 11 is 0. The number of nitrogens with one attached hydrogen (secondary N) is 1. The summed E-state index contributed by atoms with van der Waals surface area (Å²) in [5.74, 6) is 0.686. The summed E-state index contributed by atoms with van der Waals surface area (Å²) in [4.78, 5) is 10.7. The predicted octanol–water partition coefficient (Wildman–Crippen LogP) is 6.07. The van der Waals surface area contributed by atoms with Crippen LogP contribution in [0.1, 0.15) is 70.9 Å². The van der Waals surface area contributed by atoms with Crippen molar-refractivity contribution in [2.75, 3.05) is 13.7 Å². The molecule has 3 aliphatic rings. The highest BCUT2D eigenvalue weighted by atomic mass is 16.5. The van der Waals surface area contributed by atoms with E-state index in [4.69, 9.17) is 9.73 Å². The Morgan fingerprint density at radius 1 is 1.24 bits per heavy atom. The Hall–Kier alpha value is -2.07. The topological polar surface area (TPSA) is 40.6 Å². The number of aromatic nitrogens is 1. The minimum Gasteiger partial charge on any atom is -0.368 e. The molecule has 1 saturated carbocycles. The van der Waals surface area contributed by atoms with Crippen molar-refractivity contribution in [1.29, 1.82) is 0 Å². The Morgan fingerprint density at radius 3 is 2.90 bits per heavy atom. The standard InChI is InChI=1S/C25H35N3O/c1-4-6-7-8-11-18-12-9-13-20-19(18)16-22(27-20)25-24(29-5-2)17-23(28(25)3)21-14-10-15-26-21/h10,14-18,24,26H,4-9,11-13H2,1-3H3. The molecule has 3 heterocycles. The van der Waals surface area contributed by atoms with Crippen LogP contribution in [-0.2, 0) is 4.74 Å². The van der Waals surface area contributed by atoms with Gasteiger partial charge in [-0.2, -0.15) is 0 Å². The van der Waals surface area contributed by atoms with Gasteiger partial charge in [0.1, 0.15) is 6.10 Å². The quantitative estimate of drug-likeness (QED) is 0.545. The van der Waals surface area contributed by atoms with Gasteiger partial charge in [0.05, 0.1) is 22.8 Å². The van der Waals surface area contributed by atoms with E-state index in [-0.39, 0.29) is 6.10 Å². The van der Waals surface area contributed by atoms with Gasteiger partial charge in [-0.1, -0.05) is 32.6 Å². The van der Waals surface area contributed by atoms with E-state index < -0.39 is 0 Å². The van der Waals surface area contributed by atoms with Gasteiger partial charge in [-0.25, -0.2) is 0 Å². The number of rotatable bonds is 8. The highest BCUT2D eigenvalue weighted by Gasteiger charge is 2.34. The van der Waals surface area contributed by atoms with Crippen LogP contribution < -0.4 is 0 Å². The molecule has 0 aromatic carbocycles. The van der Waals surface area contributed by atoms with Crippen LogP contribution in [0.25, 0.3) is 5.70 Å². The number of nitrogens with zero attached hydrogens (tertiary/aromatic N) is 2. The van der Waals surface area contributed by atoms with Crippen molar-refractivity contribution in [3.05, 3.63) is 53.1 Å². The number of hydrogen-bond acceptors (Lipinski definition) is 3. The Bertz CT molecular complexity index is 828. The van der Waals surface area contributed by atoms with Gasteiger partial charge in [-0.05, 0) is 68.4 Å². The van der Waals surface area contributed by atoms with E-state index in [1.54, 1.807) is 0 Å². The first kappa shape index (κ1) is 20.2. The van der Waals surface area contributed by atoms with E-state index in [2.05, 4.69) is 49.0 Å². The number of likely N-dealkylation sites (N-methyl/N-ethyl adjacent to an activating group) is 1. The summed E-state index contributed by atoms with van der Waals surface area (Å²) in [5.41, 5.74) is 7.41. The molecule has 2 atom stereocenters. The lowest BCUT2D eigenvalue weighted by atomic mass is 9.80. The molecule has 4 rings (SSSR count). The number of allylic oxidation sites excluding steroid dienone is 2. The minimum atomic E-state index is -0.0392. The van der Waals surface area contributed by atoms with Crippen LogP contribution in [0.2, 0.25) is 0 Å². The molecular weight excluding hydrogens is 358 g/mol. The highest BCUT2D eigenvalue weighted by molar-refractivity contribution is 6.04. The molecule has 0 saturated heterocycles. The van der Waals surface area contributed by atoms with E-state index in [0.29, 0.717) is 12.5 Å². The largest absolute Gasteiger partial charge is 0.368 e. The number of unbranched alkanes of at least 4 members (excludes halogenated alkanes) is 3. The van der Waals surface area contributed by atoms with Crippen molar-refractivity contribution < 1.29 is 4.74 Å². The molecule has 1 aromatic rings. The normalized spacial score (nSPS) is 26.4. The average Bonchev–Trinajstić information content (AvgIpc) is 3.44. The molecule has 2 unspecified atom stereocenters. The summed E-state index contributed by atoms with van der Waals surface area (Å²) in [6.45, 7) is 5.04. The number of hydrogen-bond donors (Lipinski definition) is 1.